The van der Waals surface area contributed by atoms with Crippen LogP contribution in [0.2, 0.25) is 0 Å². The van der Waals surface area contributed by atoms with E-state index in [1.807, 2.05) is 9.80 Å². The molecule has 0 bridgehead atoms. The van der Waals surface area contributed by atoms with E-state index in [0.29, 0.717) is 58.6 Å². The number of carbonyl (C=O) groups is 3. The van der Waals surface area contributed by atoms with Gasteiger partial charge in [0.05, 0.1) is 68.9 Å². The number of aliphatic hydroxyl groups excluding tert-OH is 1. The fourth-order valence-corrected chi connectivity index (χ4v) is 8.66. The highest BCUT2D eigenvalue weighted by molar-refractivity contribution is 7.63. The highest BCUT2D eigenvalue weighted by atomic mass is 31.2. The van der Waals surface area contributed by atoms with E-state index in [1.165, 1.54) is 14.2 Å². The lowest BCUT2D eigenvalue weighted by atomic mass is 10.1. The molecule has 2 saturated heterocycles. The number of aliphatic imine (C=N–C) groups is 1. The van der Waals surface area contributed by atoms with Crippen LogP contribution >= 0.6 is 7.14 Å². The first-order valence-electron chi connectivity index (χ1n) is 16.8. The number of anilines is 1. The van der Waals surface area contributed by atoms with Gasteiger partial charge in [-0.1, -0.05) is 0 Å². The van der Waals surface area contributed by atoms with Crippen molar-refractivity contribution < 1.29 is 43.0 Å². The Bertz CT molecular complexity index is 1670. The minimum Gasteiger partial charge on any atom is -0.493 e. The molecular formula is C34H44N5O9P. The predicted molar refractivity (Wildman–Crippen MR) is 184 cm³/mol. The molecule has 0 spiro atoms. The molecule has 15 heteroatoms. The molecule has 4 aliphatic heterocycles. The van der Waals surface area contributed by atoms with Gasteiger partial charge < -0.3 is 49.1 Å². The largest absolute Gasteiger partial charge is 0.493 e. The summed E-state index contributed by atoms with van der Waals surface area (Å²) in [4.78, 5) is 47.0. The zero-order valence-electron chi connectivity index (χ0n) is 27.9. The van der Waals surface area contributed by atoms with E-state index in [-0.39, 0.29) is 68.7 Å². The van der Waals surface area contributed by atoms with Crippen LogP contribution in [0.15, 0.2) is 29.3 Å². The number of nitrogens with zero attached hydrogens (tertiary/aromatic N) is 3. The van der Waals surface area contributed by atoms with Crippen molar-refractivity contribution in [3.05, 3.63) is 35.4 Å². The van der Waals surface area contributed by atoms with Crippen molar-refractivity contribution in [2.75, 3.05) is 77.6 Å². The number of hydrogen-bond acceptors (Lipinski definition) is 11. The van der Waals surface area contributed by atoms with Crippen LogP contribution in [0.3, 0.4) is 0 Å². The fraction of sp³-hybridized carbons (Fsp3) is 0.529. The van der Waals surface area contributed by atoms with Crippen LogP contribution in [0.1, 0.15) is 52.8 Å². The SMILES string of the molecule is COc1cc2c(cc1OCCP(=O)(CCOc1cc3c(cc1OC)C(=O)N1CCC[C@H]1CN3)CNC(=O)CCO)N=C[C@@H]1CCCN1C2=O. The van der Waals surface area contributed by atoms with Gasteiger partial charge >= 0.3 is 0 Å². The highest BCUT2D eigenvalue weighted by Gasteiger charge is 2.35. The van der Waals surface area contributed by atoms with E-state index in [1.54, 1.807) is 30.5 Å². The molecule has 2 aromatic carbocycles. The summed E-state index contributed by atoms with van der Waals surface area (Å²) >= 11 is 0. The number of fused-ring (bicyclic) bond motifs is 4. The van der Waals surface area contributed by atoms with E-state index in [2.05, 4.69) is 15.6 Å². The molecule has 2 fully saturated rings. The van der Waals surface area contributed by atoms with Crippen LogP contribution in [0.25, 0.3) is 0 Å². The van der Waals surface area contributed by atoms with E-state index in [0.717, 1.165) is 32.2 Å². The van der Waals surface area contributed by atoms with Crippen LogP contribution in [0.4, 0.5) is 11.4 Å². The summed E-state index contributed by atoms with van der Waals surface area (Å²) in [5.74, 6) is 0.953. The molecule has 264 valence electrons. The van der Waals surface area contributed by atoms with Crippen LogP contribution in [-0.4, -0.2) is 123 Å². The summed E-state index contributed by atoms with van der Waals surface area (Å²) < 4.78 is 37.5. The number of ether oxygens (including phenoxy) is 4. The fourth-order valence-electron chi connectivity index (χ4n) is 6.81. The number of carbonyl (C=O) groups excluding carboxylic acids is 3. The van der Waals surface area contributed by atoms with Gasteiger partial charge in [0.15, 0.2) is 23.0 Å². The van der Waals surface area contributed by atoms with Crippen LogP contribution < -0.4 is 29.6 Å². The van der Waals surface area contributed by atoms with Gasteiger partial charge in [-0.05, 0) is 37.8 Å². The topological polar surface area (TPSA) is 168 Å². The smallest absolute Gasteiger partial charge is 0.256 e. The molecule has 49 heavy (non-hydrogen) atoms. The predicted octanol–water partition coefficient (Wildman–Crippen LogP) is 3.33. The molecule has 3 amide bonds. The van der Waals surface area contributed by atoms with Crippen molar-refractivity contribution in [1.82, 2.24) is 15.1 Å². The number of rotatable bonds is 14. The van der Waals surface area contributed by atoms with E-state index in [4.69, 9.17) is 18.9 Å². The summed E-state index contributed by atoms with van der Waals surface area (Å²) in [6.45, 7) is 1.80. The first-order chi connectivity index (χ1) is 23.7. The Hall–Kier alpha value is -4.29. The molecule has 0 saturated carbocycles. The molecular weight excluding hydrogens is 653 g/mol. The lowest BCUT2D eigenvalue weighted by molar-refractivity contribution is -0.121. The Labute approximate surface area is 285 Å². The second-order valence-electron chi connectivity index (χ2n) is 12.7. The molecule has 4 aliphatic rings. The van der Waals surface area contributed by atoms with Gasteiger partial charge in [0.2, 0.25) is 5.91 Å². The minimum atomic E-state index is -3.14. The average Bonchev–Trinajstić information content (AvgIpc) is 3.73. The summed E-state index contributed by atoms with van der Waals surface area (Å²) in [7, 11) is -0.145. The van der Waals surface area contributed by atoms with E-state index >= 15 is 0 Å². The number of benzene rings is 2. The van der Waals surface area contributed by atoms with Gasteiger partial charge in [-0.25, -0.2) is 0 Å². The van der Waals surface area contributed by atoms with E-state index in [9.17, 15) is 24.1 Å². The highest BCUT2D eigenvalue weighted by Crippen LogP contribution is 2.45. The molecule has 6 rings (SSSR count). The second kappa shape index (κ2) is 15.1. The zero-order valence-corrected chi connectivity index (χ0v) is 28.8. The van der Waals surface area contributed by atoms with Crippen LogP contribution in [0.5, 0.6) is 23.0 Å². The molecule has 3 N–H and O–H groups in total. The van der Waals surface area contributed by atoms with Crippen LogP contribution in [0, 0.1) is 0 Å². The van der Waals surface area contributed by atoms with Crippen molar-refractivity contribution >= 4 is 42.5 Å². The number of nitrogens with one attached hydrogen (secondary N) is 2. The molecule has 14 nitrogen and oxygen atoms in total. The Kier molecular flexibility index (Phi) is 10.6. The van der Waals surface area contributed by atoms with Gasteiger partial charge in [0.1, 0.15) is 7.14 Å². The Morgan fingerprint density at radius 2 is 1.59 bits per heavy atom. The van der Waals surface area contributed by atoms with Gasteiger partial charge in [0.25, 0.3) is 11.8 Å². The number of methoxy groups -OCH3 is 2. The summed E-state index contributed by atoms with van der Waals surface area (Å²) in [5.41, 5.74) is 2.10. The molecule has 3 atom stereocenters. The van der Waals surface area contributed by atoms with Crippen molar-refractivity contribution in [2.45, 2.75) is 44.2 Å². The van der Waals surface area contributed by atoms with Crippen molar-refractivity contribution in [3.63, 3.8) is 0 Å². The van der Waals surface area contributed by atoms with E-state index < -0.39 is 13.0 Å². The molecule has 1 unspecified atom stereocenters. The molecule has 0 aliphatic carbocycles. The maximum atomic E-state index is 14.2. The third-order valence-electron chi connectivity index (χ3n) is 9.57. The number of hydrogen-bond donors (Lipinski definition) is 3. The minimum absolute atomic E-state index is 0.0283. The number of amides is 3. The Morgan fingerprint density at radius 1 is 0.939 bits per heavy atom. The van der Waals surface area contributed by atoms with Crippen LogP contribution in [-0.2, 0) is 9.36 Å². The summed E-state index contributed by atoms with van der Waals surface area (Å²) in [5, 5.41) is 15.2. The summed E-state index contributed by atoms with van der Waals surface area (Å²) in [6.07, 6.45) is 5.52. The van der Waals surface area contributed by atoms with Gasteiger partial charge in [-0.15, -0.1) is 0 Å². The Morgan fingerprint density at radius 3 is 2.31 bits per heavy atom. The summed E-state index contributed by atoms with van der Waals surface area (Å²) in [6, 6.07) is 6.82. The Balaban J connectivity index is 1.14. The lowest BCUT2D eigenvalue weighted by Gasteiger charge is -2.22. The number of aliphatic hydroxyl groups is 1. The van der Waals surface area contributed by atoms with Gasteiger partial charge in [-0.2, -0.15) is 0 Å². The van der Waals surface area contributed by atoms with Crippen molar-refractivity contribution in [2.24, 2.45) is 4.99 Å². The monoisotopic (exact) mass is 697 g/mol. The van der Waals surface area contributed by atoms with Crippen molar-refractivity contribution in [3.8, 4) is 23.0 Å². The first-order valence-corrected chi connectivity index (χ1v) is 19.0. The average molecular weight is 698 g/mol. The standard InChI is InChI=1S/C34H44N5O9P/c1-45-28-15-24-26(35-19-22-5-3-8-38(22)33(24)42)17-30(28)47-11-13-49(44,21-37-32(41)7-10-40)14-12-48-31-18-27-25(16-29(31)46-2)34(43)39-9-4-6-23(39)20-36-27/h15-19,22-23,36,40H,3-14,20-21H2,1-2H3,(H,37,41)/t22-,23-,49?/m0/s1. The maximum Gasteiger partial charge on any atom is 0.256 e. The second-order valence-corrected chi connectivity index (χ2v) is 16.0. The zero-order chi connectivity index (χ0) is 34.5. The molecule has 0 aromatic heterocycles. The first kappa shape index (κ1) is 34.6. The lowest BCUT2D eigenvalue weighted by Crippen LogP contribution is -2.36. The molecule has 0 radical (unpaired) electrons. The van der Waals surface area contributed by atoms with Gasteiger partial charge in [-0.3, -0.25) is 19.4 Å². The quantitative estimate of drug-likeness (QED) is 0.249. The third-order valence-corrected chi connectivity index (χ3v) is 12.3. The van der Waals surface area contributed by atoms with Gasteiger partial charge in [0, 0.05) is 62.8 Å². The van der Waals surface area contributed by atoms with Crippen molar-refractivity contribution in [1.29, 1.82) is 0 Å². The molecule has 4 heterocycles. The normalized spacial score (nSPS) is 20.6. The maximum absolute atomic E-state index is 14.2. The molecule has 2 aromatic rings. The third kappa shape index (κ3) is 7.50.